The average molecular weight is 282 g/mol. The van der Waals surface area contributed by atoms with Crippen LogP contribution >= 0.6 is 0 Å². The summed E-state index contributed by atoms with van der Waals surface area (Å²) in [6.45, 7) is 8.84. The van der Waals surface area contributed by atoms with Crippen LogP contribution in [0, 0.1) is 20.8 Å². The molecule has 0 radical (unpaired) electrons. The lowest BCUT2D eigenvalue weighted by atomic mass is 10.1. The van der Waals surface area contributed by atoms with Crippen molar-refractivity contribution in [1.82, 2.24) is 0 Å². The minimum Gasteiger partial charge on any atom is -0.385 e. The molecule has 0 aromatic heterocycles. The zero-order chi connectivity index (χ0) is 15.4. The van der Waals surface area contributed by atoms with Gasteiger partial charge in [0.2, 0.25) is 0 Å². The van der Waals surface area contributed by atoms with Crippen molar-refractivity contribution in [3.8, 4) is 0 Å². The highest BCUT2D eigenvalue weighted by molar-refractivity contribution is 6.08. The van der Waals surface area contributed by atoms with Gasteiger partial charge in [0.15, 0.2) is 0 Å². The van der Waals surface area contributed by atoms with Crippen LogP contribution < -0.4 is 10.6 Å². The number of benzene rings is 2. The van der Waals surface area contributed by atoms with E-state index in [1.807, 2.05) is 64.1 Å². The van der Waals surface area contributed by atoms with Crippen molar-refractivity contribution in [1.29, 1.82) is 0 Å². The number of rotatable bonds is 4. The first-order valence-electron chi connectivity index (χ1n) is 7.24. The Hall–Kier alpha value is -2.29. The lowest BCUT2D eigenvalue weighted by Gasteiger charge is -2.13. The third kappa shape index (κ3) is 3.63. The summed E-state index contributed by atoms with van der Waals surface area (Å²) >= 11 is 0. The molecule has 0 unspecified atom stereocenters. The molecule has 0 atom stereocenters. The minimum atomic E-state index is -0.0837. The Morgan fingerprint density at radius 1 is 0.952 bits per heavy atom. The first kappa shape index (κ1) is 15.1. The smallest absolute Gasteiger partial charge is 0.257 e. The molecule has 0 saturated heterocycles. The fraction of sp³-hybridized carbons (Fsp3) is 0.278. The Kier molecular flexibility index (Phi) is 4.63. The van der Waals surface area contributed by atoms with E-state index >= 15 is 0 Å². The summed E-state index contributed by atoms with van der Waals surface area (Å²) in [4.78, 5) is 12.5. The van der Waals surface area contributed by atoms with Crippen LogP contribution in [0.5, 0.6) is 0 Å². The maximum atomic E-state index is 12.5. The van der Waals surface area contributed by atoms with Gasteiger partial charge in [-0.3, -0.25) is 4.79 Å². The molecule has 0 aliphatic carbocycles. The quantitative estimate of drug-likeness (QED) is 0.878. The van der Waals surface area contributed by atoms with Gasteiger partial charge < -0.3 is 10.6 Å². The van der Waals surface area contributed by atoms with E-state index in [1.54, 1.807) is 0 Å². The number of amides is 1. The number of nitrogens with one attached hydrogen (secondary N) is 2. The van der Waals surface area contributed by atoms with E-state index in [9.17, 15) is 4.79 Å². The standard InChI is InChI=1S/C18H22N2O/c1-5-19-17-11-13(3)7-9-15(17)18(21)20-16-10-12(2)6-8-14(16)4/h6-11,19H,5H2,1-4H3,(H,20,21). The Bertz CT molecular complexity index is 662. The first-order chi connectivity index (χ1) is 10.0. The predicted octanol–water partition coefficient (Wildman–Crippen LogP) is 4.30. The number of carbonyl (C=O) groups is 1. The Balaban J connectivity index is 2.30. The molecule has 3 heteroatoms. The van der Waals surface area contributed by atoms with Gasteiger partial charge in [0, 0.05) is 17.9 Å². The van der Waals surface area contributed by atoms with Gasteiger partial charge in [-0.25, -0.2) is 0 Å². The summed E-state index contributed by atoms with van der Waals surface area (Å²) in [5, 5.41) is 6.26. The van der Waals surface area contributed by atoms with Crippen LogP contribution in [-0.4, -0.2) is 12.5 Å². The highest BCUT2D eigenvalue weighted by Gasteiger charge is 2.12. The van der Waals surface area contributed by atoms with E-state index in [4.69, 9.17) is 0 Å². The Labute approximate surface area is 126 Å². The molecule has 0 saturated carbocycles. The van der Waals surface area contributed by atoms with E-state index in [0.717, 1.165) is 34.6 Å². The molecule has 21 heavy (non-hydrogen) atoms. The molecule has 0 aliphatic rings. The molecule has 3 nitrogen and oxygen atoms in total. The monoisotopic (exact) mass is 282 g/mol. The summed E-state index contributed by atoms with van der Waals surface area (Å²) in [7, 11) is 0. The molecule has 0 fully saturated rings. The number of hydrogen-bond donors (Lipinski definition) is 2. The second kappa shape index (κ2) is 6.44. The molecule has 2 N–H and O–H groups in total. The highest BCUT2D eigenvalue weighted by Crippen LogP contribution is 2.21. The maximum absolute atomic E-state index is 12.5. The second-order valence-corrected chi connectivity index (χ2v) is 5.35. The number of anilines is 2. The molecule has 110 valence electrons. The van der Waals surface area contributed by atoms with Crippen molar-refractivity contribution in [2.75, 3.05) is 17.2 Å². The van der Waals surface area contributed by atoms with Crippen LogP contribution in [0.25, 0.3) is 0 Å². The molecular formula is C18H22N2O. The van der Waals surface area contributed by atoms with Gasteiger partial charge in [-0.1, -0.05) is 18.2 Å². The summed E-state index contributed by atoms with van der Waals surface area (Å²) < 4.78 is 0. The van der Waals surface area contributed by atoms with Crippen LogP contribution in [0.15, 0.2) is 36.4 Å². The van der Waals surface area contributed by atoms with Gasteiger partial charge >= 0.3 is 0 Å². The largest absolute Gasteiger partial charge is 0.385 e. The van der Waals surface area contributed by atoms with Gasteiger partial charge in [-0.2, -0.15) is 0 Å². The minimum absolute atomic E-state index is 0.0837. The zero-order valence-corrected chi connectivity index (χ0v) is 13.1. The fourth-order valence-electron chi connectivity index (χ4n) is 2.25. The average Bonchev–Trinajstić information content (AvgIpc) is 2.43. The van der Waals surface area contributed by atoms with Crippen LogP contribution in [0.4, 0.5) is 11.4 Å². The molecule has 2 aromatic carbocycles. The summed E-state index contributed by atoms with van der Waals surface area (Å²) in [6.07, 6.45) is 0. The topological polar surface area (TPSA) is 41.1 Å². The summed E-state index contributed by atoms with van der Waals surface area (Å²) in [6, 6.07) is 11.9. The maximum Gasteiger partial charge on any atom is 0.257 e. The normalized spacial score (nSPS) is 10.3. The number of aryl methyl sites for hydroxylation is 3. The summed E-state index contributed by atoms with van der Waals surface area (Å²) in [5.41, 5.74) is 5.73. The van der Waals surface area contributed by atoms with Crippen molar-refractivity contribution in [2.24, 2.45) is 0 Å². The van der Waals surface area contributed by atoms with Gasteiger partial charge in [0.05, 0.1) is 5.56 Å². The Morgan fingerprint density at radius 2 is 1.57 bits per heavy atom. The molecule has 2 rings (SSSR count). The van der Waals surface area contributed by atoms with Gasteiger partial charge in [-0.15, -0.1) is 0 Å². The van der Waals surface area contributed by atoms with Crippen molar-refractivity contribution in [3.05, 3.63) is 58.7 Å². The SMILES string of the molecule is CCNc1cc(C)ccc1C(=O)Nc1cc(C)ccc1C. The van der Waals surface area contributed by atoms with Gasteiger partial charge in [0.1, 0.15) is 0 Å². The summed E-state index contributed by atoms with van der Waals surface area (Å²) in [5.74, 6) is -0.0837. The van der Waals surface area contributed by atoms with E-state index < -0.39 is 0 Å². The lowest BCUT2D eigenvalue weighted by Crippen LogP contribution is -2.15. The van der Waals surface area contributed by atoms with E-state index in [2.05, 4.69) is 10.6 Å². The van der Waals surface area contributed by atoms with Crippen LogP contribution in [0.2, 0.25) is 0 Å². The lowest BCUT2D eigenvalue weighted by molar-refractivity contribution is 0.102. The van der Waals surface area contributed by atoms with Crippen molar-refractivity contribution in [2.45, 2.75) is 27.7 Å². The zero-order valence-electron chi connectivity index (χ0n) is 13.1. The molecule has 0 bridgehead atoms. The Morgan fingerprint density at radius 3 is 2.24 bits per heavy atom. The molecule has 2 aromatic rings. The first-order valence-corrected chi connectivity index (χ1v) is 7.24. The van der Waals surface area contributed by atoms with E-state index in [-0.39, 0.29) is 5.91 Å². The fourth-order valence-corrected chi connectivity index (χ4v) is 2.25. The van der Waals surface area contributed by atoms with Crippen molar-refractivity contribution < 1.29 is 4.79 Å². The number of hydrogen-bond acceptors (Lipinski definition) is 2. The third-order valence-corrected chi connectivity index (χ3v) is 3.43. The number of carbonyl (C=O) groups excluding carboxylic acids is 1. The van der Waals surface area contributed by atoms with Crippen LogP contribution in [0.3, 0.4) is 0 Å². The molecule has 0 spiro atoms. The molecule has 1 amide bonds. The van der Waals surface area contributed by atoms with Crippen molar-refractivity contribution in [3.63, 3.8) is 0 Å². The van der Waals surface area contributed by atoms with Gasteiger partial charge in [-0.05, 0) is 62.6 Å². The van der Waals surface area contributed by atoms with Crippen molar-refractivity contribution >= 4 is 17.3 Å². The van der Waals surface area contributed by atoms with E-state index in [1.165, 1.54) is 0 Å². The van der Waals surface area contributed by atoms with Crippen LogP contribution in [-0.2, 0) is 0 Å². The van der Waals surface area contributed by atoms with E-state index in [0.29, 0.717) is 5.56 Å². The third-order valence-electron chi connectivity index (χ3n) is 3.43. The molecule has 0 aliphatic heterocycles. The predicted molar refractivity (Wildman–Crippen MR) is 89.2 cm³/mol. The molecule has 0 heterocycles. The van der Waals surface area contributed by atoms with Crippen LogP contribution in [0.1, 0.15) is 34.0 Å². The molecular weight excluding hydrogens is 260 g/mol. The highest BCUT2D eigenvalue weighted by atomic mass is 16.1. The second-order valence-electron chi connectivity index (χ2n) is 5.35. The van der Waals surface area contributed by atoms with Gasteiger partial charge in [0.25, 0.3) is 5.91 Å².